The summed E-state index contributed by atoms with van der Waals surface area (Å²) >= 11 is 0. The number of carbonyl (C=O) groups is 1. The first kappa shape index (κ1) is 23.5. The van der Waals surface area contributed by atoms with Gasteiger partial charge in [0.2, 0.25) is 0 Å². The van der Waals surface area contributed by atoms with Crippen molar-refractivity contribution in [2.45, 2.75) is 36.5 Å². The number of carbonyl (C=O) groups excluding carboxylic acids is 1. The predicted octanol–water partition coefficient (Wildman–Crippen LogP) is 3.43. The van der Waals surface area contributed by atoms with Gasteiger partial charge in [0.1, 0.15) is 5.92 Å². The van der Waals surface area contributed by atoms with E-state index < -0.39 is 54.9 Å². The van der Waals surface area contributed by atoms with Crippen molar-refractivity contribution in [3.8, 4) is 0 Å². The molecule has 0 aromatic heterocycles. The number of hydrogen-bond acceptors (Lipinski definition) is 2. The van der Waals surface area contributed by atoms with Gasteiger partial charge >= 0.3 is 30.3 Å². The molecule has 0 saturated heterocycles. The van der Waals surface area contributed by atoms with Crippen LogP contribution in [0.15, 0.2) is 0 Å². The lowest BCUT2D eigenvalue weighted by Crippen LogP contribution is -2.58. The van der Waals surface area contributed by atoms with E-state index in [0.29, 0.717) is 0 Å². The molecule has 3 nitrogen and oxygen atoms in total. The molecule has 0 fully saturated rings. The van der Waals surface area contributed by atoms with Crippen molar-refractivity contribution in [1.82, 2.24) is 0 Å². The second-order valence-electron chi connectivity index (χ2n) is 4.44. The Balaban J connectivity index is 5.76. The van der Waals surface area contributed by atoms with E-state index in [1.165, 1.54) is 0 Å². The van der Waals surface area contributed by atoms with Crippen LogP contribution in [0.3, 0.4) is 0 Å². The van der Waals surface area contributed by atoms with Crippen molar-refractivity contribution < 1.29 is 66.6 Å². The van der Waals surface area contributed by atoms with Gasteiger partial charge in [0, 0.05) is 0 Å². The van der Waals surface area contributed by atoms with Crippen LogP contribution in [0.2, 0.25) is 0 Å². The monoisotopic (exact) mass is 407 g/mol. The third-order valence-corrected chi connectivity index (χ3v) is 2.64. The van der Waals surface area contributed by atoms with Crippen molar-refractivity contribution in [2.75, 3.05) is 6.61 Å². The van der Waals surface area contributed by atoms with Crippen molar-refractivity contribution in [3.63, 3.8) is 0 Å². The van der Waals surface area contributed by atoms with Gasteiger partial charge in [-0.1, -0.05) is 0 Å². The SMILES string of the molecule is NC(=O)C(F)(F)C(F)C(COC(F)(C(F)(F)F)C(F)(F)F)C(F)(F)F. The molecule has 0 aromatic carbocycles. The fraction of sp³-hybridized carbons (Fsp3) is 0.889. The van der Waals surface area contributed by atoms with E-state index in [0.717, 1.165) is 0 Å². The van der Waals surface area contributed by atoms with Gasteiger partial charge in [0.25, 0.3) is 5.91 Å². The number of nitrogens with two attached hydrogens (primary N) is 1. The third-order valence-electron chi connectivity index (χ3n) is 2.64. The molecule has 0 aliphatic rings. The molecule has 2 unspecified atom stereocenters. The summed E-state index contributed by atoms with van der Waals surface area (Å²) in [5.74, 6) is -19.8. The minimum Gasteiger partial charge on any atom is -0.364 e. The molecule has 0 aliphatic carbocycles. The van der Waals surface area contributed by atoms with Crippen LogP contribution in [-0.4, -0.2) is 49.0 Å². The standard InChI is InChI=1S/C9H6F13NO2/c10-3(5(11,12)4(23)24)2(6(13,14)15)1-25-7(16,8(17,18)19)9(20,21)22/h2-3H,1H2,(H2,23,24). The van der Waals surface area contributed by atoms with Gasteiger partial charge in [0.05, 0.1) is 6.61 Å². The highest BCUT2D eigenvalue weighted by molar-refractivity contribution is 5.82. The number of hydrogen-bond donors (Lipinski definition) is 1. The lowest BCUT2D eigenvalue weighted by Gasteiger charge is -2.33. The zero-order chi connectivity index (χ0) is 20.6. The van der Waals surface area contributed by atoms with Crippen molar-refractivity contribution in [2.24, 2.45) is 11.7 Å². The molecule has 0 saturated carbocycles. The largest absolute Gasteiger partial charge is 0.458 e. The maximum atomic E-state index is 13.2. The number of ether oxygens (including phenoxy) is 1. The molecule has 0 heterocycles. The summed E-state index contributed by atoms with van der Waals surface area (Å²) in [6, 6.07) is 0. The van der Waals surface area contributed by atoms with Crippen molar-refractivity contribution >= 4 is 5.91 Å². The first-order chi connectivity index (χ1) is 10.7. The Hall–Kier alpha value is -1.48. The molecule has 1 amide bonds. The molecule has 2 atom stereocenters. The zero-order valence-corrected chi connectivity index (χ0v) is 11.2. The van der Waals surface area contributed by atoms with Crippen LogP contribution in [0.25, 0.3) is 0 Å². The number of alkyl halides is 13. The van der Waals surface area contributed by atoms with Crippen LogP contribution in [-0.2, 0) is 9.53 Å². The number of amides is 1. The van der Waals surface area contributed by atoms with Gasteiger partial charge in [-0.15, -0.1) is 0 Å². The number of rotatable bonds is 6. The van der Waals surface area contributed by atoms with Crippen molar-refractivity contribution in [1.29, 1.82) is 0 Å². The molecule has 16 heteroatoms. The lowest BCUT2D eigenvalue weighted by molar-refractivity contribution is -0.435. The summed E-state index contributed by atoms with van der Waals surface area (Å²) in [5.41, 5.74) is 3.90. The zero-order valence-electron chi connectivity index (χ0n) is 11.2. The van der Waals surface area contributed by atoms with Gasteiger partial charge in [-0.25, -0.2) is 4.39 Å². The van der Waals surface area contributed by atoms with Crippen LogP contribution in [0.5, 0.6) is 0 Å². The van der Waals surface area contributed by atoms with Crippen LogP contribution in [0.4, 0.5) is 57.1 Å². The quantitative estimate of drug-likeness (QED) is 0.687. The molecule has 0 rings (SSSR count). The number of halogens is 13. The van der Waals surface area contributed by atoms with E-state index in [1.807, 2.05) is 0 Å². The normalized spacial score (nSPS) is 17.3. The third kappa shape index (κ3) is 4.78. The first-order valence-electron chi connectivity index (χ1n) is 5.54. The van der Waals surface area contributed by atoms with Crippen LogP contribution < -0.4 is 5.73 Å². The summed E-state index contributed by atoms with van der Waals surface area (Å²) < 4.78 is 164. The smallest absolute Gasteiger partial charge is 0.364 e. The molecule has 0 radical (unpaired) electrons. The van der Waals surface area contributed by atoms with Crippen LogP contribution >= 0.6 is 0 Å². The van der Waals surface area contributed by atoms with Crippen molar-refractivity contribution in [3.05, 3.63) is 0 Å². The Morgan fingerprint density at radius 2 is 1.20 bits per heavy atom. The minimum absolute atomic E-state index is 2.48. The van der Waals surface area contributed by atoms with Crippen LogP contribution in [0.1, 0.15) is 0 Å². The summed E-state index contributed by atoms with van der Waals surface area (Å²) in [6.45, 7) is -3.18. The lowest BCUT2D eigenvalue weighted by atomic mass is 9.98. The molecule has 2 N–H and O–H groups in total. The first-order valence-corrected chi connectivity index (χ1v) is 5.54. The van der Waals surface area contributed by atoms with Gasteiger partial charge in [-0.2, -0.15) is 52.7 Å². The fourth-order valence-electron chi connectivity index (χ4n) is 1.26. The van der Waals surface area contributed by atoms with Gasteiger partial charge < -0.3 is 10.5 Å². The Morgan fingerprint density at radius 3 is 1.44 bits per heavy atom. The van der Waals surface area contributed by atoms with E-state index >= 15 is 0 Å². The Morgan fingerprint density at radius 1 is 0.840 bits per heavy atom. The molecular formula is C9H6F13NO2. The molecule has 0 aliphatic heterocycles. The maximum absolute atomic E-state index is 13.2. The topological polar surface area (TPSA) is 52.3 Å². The van der Waals surface area contributed by atoms with Gasteiger partial charge in [-0.3, -0.25) is 4.79 Å². The molecule has 0 aromatic rings. The summed E-state index contributed by atoms with van der Waals surface area (Å²) in [7, 11) is 0. The van der Waals surface area contributed by atoms with E-state index in [9.17, 15) is 61.9 Å². The van der Waals surface area contributed by atoms with Gasteiger partial charge in [-0.05, 0) is 0 Å². The van der Waals surface area contributed by atoms with E-state index in [2.05, 4.69) is 10.5 Å². The van der Waals surface area contributed by atoms with Gasteiger partial charge in [0.15, 0.2) is 6.17 Å². The highest BCUT2D eigenvalue weighted by atomic mass is 19.4. The average molecular weight is 407 g/mol. The highest BCUT2D eigenvalue weighted by Crippen LogP contribution is 2.48. The maximum Gasteiger partial charge on any atom is 0.458 e. The minimum atomic E-state index is -6.97. The predicted molar refractivity (Wildman–Crippen MR) is 50.5 cm³/mol. The molecule has 0 bridgehead atoms. The molecular weight excluding hydrogens is 401 g/mol. The summed E-state index contributed by atoms with van der Waals surface area (Å²) in [6.07, 6.45) is -24.9. The highest BCUT2D eigenvalue weighted by Gasteiger charge is 2.75. The molecule has 0 spiro atoms. The molecule has 25 heavy (non-hydrogen) atoms. The Labute approximate surface area is 128 Å². The summed E-state index contributed by atoms with van der Waals surface area (Å²) in [4.78, 5) is 10.2. The number of primary amides is 1. The second-order valence-corrected chi connectivity index (χ2v) is 4.44. The Bertz CT molecular complexity index is 465. The second kappa shape index (κ2) is 6.68. The Kier molecular flexibility index (Phi) is 6.28. The summed E-state index contributed by atoms with van der Waals surface area (Å²) in [5, 5.41) is 0. The van der Waals surface area contributed by atoms with E-state index in [4.69, 9.17) is 0 Å². The average Bonchev–Trinajstić information content (AvgIpc) is 2.33. The van der Waals surface area contributed by atoms with E-state index in [1.54, 1.807) is 0 Å². The fourth-order valence-corrected chi connectivity index (χ4v) is 1.26. The molecule has 150 valence electrons. The van der Waals surface area contributed by atoms with E-state index in [-0.39, 0.29) is 0 Å². The van der Waals surface area contributed by atoms with Crippen LogP contribution in [0, 0.1) is 5.92 Å².